The van der Waals surface area contributed by atoms with Crippen LogP contribution >= 0.6 is 0 Å². The van der Waals surface area contributed by atoms with E-state index in [1.165, 1.54) is 0 Å². The Morgan fingerprint density at radius 1 is 1.22 bits per heavy atom. The maximum atomic E-state index is 12.5. The van der Waals surface area contributed by atoms with Gasteiger partial charge in [0, 0.05) is 6.54 Å². The first kappa shape index (κ1) is 19.2. The largest absolute Gasteiger partial charge is 0.481 e. The number of amides is 1. The molecule has 0 radical (unpaired) electrons. The highest BCUT2D eigenvalue weighted by molar-refractivity contribution is 5.81. The van der Waals surface area contributed by atoms with Gasteiger partial charge in [-0.2, -0.15) is 0 Å². The molecule has 128 valence electrons. The molecule has 2 N–H and O–H groups in total. The van der Waals surface area contributed by atoms with Crippen LogP contribution in [0.4, 0.5) is 0 Å². The van der Waals surface area contributed by atoms with Gasteiger partial charge >= 0.3 is 5.97 Å². The topological polar surface area (TPSA) is 69.6 Å². The number of benzene rings is 1. The predicted octanol–water partition coefficient (Wildman–Crippen LogP) is 2.69. The number of carboxylic acid groups (broad SMARTS) is 1. The lowest BCUT2D eigenvalue weighted by atomic mass is 10.0. The van der Waals surface area contributed by atoms with Gasteiger partial charge in [-0.15, -0.1) is 0 Å². The molecule has 0 saturated carbocycles. The molecule has 0 fully saturated rings. The highest BCUT2D eigenvalue weighted by Crippen LogP contribution is 2.18. The van der Waals surface area contributed by atoms with Gasteiger partial charge in [-0.05, 0) is 26.0 Å². The highest BCUT2D eigenvalue weighted by Gasteiger charge is 2.24. The van der Waals surface area contributed by atoms with Crippen LogP contribution in [0.1, 0.15) is 45.2 Å². The Balaban J connectivity index is 2.69. The smallest absolute Gasteiger partial charge is 0.307 e. The van der Waals surface area contributed by atoms with Crippen LogP contribution in [0.3, 0.4) is 0 Å². The molecular weight excluding hydrogens is 292 g/mol. The fourth-order valence-corrected chi connectivity index (χ4v) is 2.46. The minimum absolute atomic E-state index is 0.0125. The third-order valence-electron chi connectivity index (χ3n) is 4.12. The molecule has 3 atom stereocenters. The number of hydrogen-bond acceptors (Lipinski definition) is 3. The summed E-state index contributed by atoms with van der Waals surface area (Å²) >= 11 is 0. The summed E-state index contributed by atoms with van der Waals surface area (Å²) in [5, 5.41) is 12.1. The first-order chi connectivity index (χ1) is 10.9. The van der Waals surface area contributed by atoms with Crippen LogP contribution in [-0.2, 0) is 9.59 Å². The van der Waals surface area contributed by atoms with E-state index in [9.17, 15) is 9.59 Å². The molecule has 5 heteroatoms. The van der Waals surface area contributed by atoms with E-state index in [2.05, 4.69) is 12.2 Å². The second-order valence-electron chi connectivity index (χ2n) is 6.12. The molecule has 0 aliphatic rings. The van der Waals surface area contributed by atoms with E-state index in [0.717, 1.165) is 18.4 Å². The Kier molecular flexibility index (Phi) is 7.75. The molecule has 23 heavy (non-hydrogen) atoms. The lowest BCUT2D eigenvalue weighted by Gasteiger charge is -2.28. The minimum atomic E-state index is -0.849. The van der Waals surface area contributed by atoms with Gasteiger partial charge in [0.25, 0.3) is 0 Å². The monoisotopic (exact) mass is 320 g/mol. The van der Waals surface area contributed by atoms with Crippen molar-refractivity contribution >= 4 is 11.9 Å². The summed E-state index contributed by atoms with van der Waals surface area (Å²) < 4.78 is 0. The summed E-state index contributed by atoms with van der Waals surface area (Å²) in [7, 11) is 1.78. The molecule has 0 spiro atoms. The van der Waals surface area contributed by atoms with Crippen LogP contribution < -0.4 is 5.32 Å². The average Bonchev–Trinajstić information content (AvgIpc) is 2.54. The van der Waals surface area contributed by atoms with Crippen molar-refractivity contribution < 1.29 is 14.7 Å². The fraction of sp³-hybridized carbons (Fsp3) is 0.556. The van der Waals surface area contributed by atoms with E-state index >= 15 is 0 Å². The van der Waals surface area contributed by atoms with Gasteiger partial charge in [-0.25, -0.2) is 0 Å². The molecule has 5 nitrogen and oxygen atoms in total. The zero-order chi connectivity index (χ0) is 17.4. The number of carboxylic acids is 1. The van der Waals surface area contributed by atoms with Crippen molar-refractivity contribution in [2.24, 2.45) is 5.92 Å². The summed E-state index contributed by atoms with van der Waals surface area (Å²) in [4.78, 5) is 25.2. The van der Waals surface area contributed by atoms with Crippen molar-refractivity contribution in [3.05, 3.63) is 35.9 Å². The standard InChI is InChI=1S/C18H28N2O3/c1-5-9-16(15-10-7-6-8-11-15)19-17(21)14(3)20(4)12-13(2)18(22)23/h6-8,10-11,13-14,16H,5,9,12H2,1-4H3,(H,19,21)(H,22,23). The van der Waals surface area contributed by atoms with Crippen LogP contribution in [0.15, 0.2) is 30.3 Å². The van der Waals surface area contributed by atoms with Crippen LogP contribution in [-0.4, -0.2) is 41.5 Å². The van der Waals surface area contributed by atoms with Crippen LogP contribution in [0.25, 0.3) is 0 Å². The number of rotatable bonds is 9. The van der Waals surface area contributed by atoms with E-state index < -0.39 is 11.9 Å². The molecule has 0 aromatic heterocycles. The molecular formula is C18H28N2O3. The van der Waals surface area contributed by atoms with Crippen LogP contribution in [0, 0.1) is 5.92 Å². The summed E-state index contributed by atoms with van der Waals surface area (Å²) in [6.45, 7) is 5.88. The van der Waals surface area contributed by atoms with Gasteiger partial charge in [-0.1, -0.05) is 50.6 Å². The number of nitrogens with zero attached hydrogens (tertiary/aromatic N) is 1. The van der Waals surface area contributed by atoms with Gasteiger partial charge in [0.05, 0.1) is 18.0 Å². The second kappa shape index (κ2) is 9.30. The van der Waals surface area contributed by atoms with E-state index in [0.29, 0.717) is 6.54 Å². The number of carbonyl (C=O) groups excluding carboxylic acids is 1. The Morgan fingerprint density at radius 2 is 1.83 bits per heavy atom. The highest BCUT2D eigenvalue weighted by atomic mass is 16.4. The van der Waals surface area contributed by atoms with Crippen molar-refractivity contribution in [2.45, 2.75) is 45.7 Å². The molecule has 0 aliphatic carbocycles. The summed E-state index contributed by atoms with van der Waals surface area (Å²) in [6, 6.07) is 9.53. The van der Waals surface area contributed by atoms with E-state index in [1.807, 2.05) is 30.3 Å². The van der Waals surface area contributed by atoms with E-state index in [1.54, 1.807) is 25.8 Å². The molecule has 1 aromatic rings. The van der Waals surface area contributed by atoms with Crippen molar-refractivity contribution in [3.63, 3.8) is 0 Å². The van der Waals surface area contributed by atoms with Gasteiger partial charge in [0.1, 0.15) is 0 Å². The van der Waals surface area contributed by atoms with Gasteiger partial charge in [0.15, 0.2) is 0 Å². The Labute approximate surface area is 138 Å². The van der Waals surface area contributed by atoms with E-state index in [-0.39, 0.29) is 18.0 Å². The predicted molar refractivity (Wildman–Crippen MR) is 91.1 cm³/mol. The average molecular weight is 320 g/mol. The molecule has 0 saturated heterocycles. The lowest BCUT2D eigenvalue weighted by Crippen LogP contribution is -2.46. The molecule has 1 amide bonds. The second-order valence-corrected chi connectivity index (χ2v) is 6.12. The van der Waals surface area contributed by atoms with Crippen LogP contribution in [0.5, 0.6) is 0 Å². The third kappa shape index (κ3) is 6.02. The molecule has 1 rings (SSSR count). The summed E-state index contributed by atoms with van der Waals surface area (Å²) in [5.74, 6) is -1.43. The molecule has 0 heterocycles. The summed E-state index contributed by atoms with van der Waals surface area (Å²) in [5.41, 5.74) is 1.09. The molecule has 0 bridgehead atoms. The lowest BCUT2D eigenvalue weighted by molar-refractivity contribution is -0.142. The van der Waals surface area contributed by atoms with Gasteiger partial charge < -0.3 is 10.4 Å². The molecule has 3 unspecified atom stereocenters. The zero-order valence-electron chi connectivity index (χ0n) is 14.5. The normalized spacial score (nSPS) is 15.0. The van der Waals surface area contributed by atoms with Crippen molar-refractivity contribution in [2.75, 3.05) is 13.6 Å². The minimum Gasteiger partial charge on any atom is -0.481 e. The molecule has 0 aliphatic heterocycles. The number of aliphatic carboxylic acids is 1. The Hall–Kier alpha value is -1.88. The van der Waals surface area contributed by atoms with Crippen molar-refractivity contribution in [1.82, 2.24) is 10.2 Å². The number of carbonyl (C=O) groups is 2. The molecule has 1 aromatic carbocycles. The number of likely N-dealkylation sites (N-methyl/N-ethyl adjacent to an activating group) is 1. The first-order valence-corrected chi connectivity index (χ1v) is 8.15. The Bertz CT molecular complexity index is 504. The van der Waals surface area contributed by atoms with Gasteiger partial charge in [-0.3, -0.25) is 14.5 Å². The maximum Gasteiger partial charge on any atom is 0.307 e. The fourth-order valence-electron chi connectivity index (χ4n) is 2.46. The first-order valence-electron chi connectivity index (χ1n) is 8.15. The number of nitrogens with one attached hydrogen (secondary N) is 1. The quantitative estimate of drug-likeness (QED) is 0.734. The third-order valence-corrected chi connectivity index (χ3v) is 4.12. The van der Waals surface area contributed by atoms with Crippen LogP contribution in [0.2, 0.25) is 0 Å². The van der Waals surface area contributed by atoms with E-state index in [4.69, 9.17) is 5.11 Å². The zero-order valence-corrected chi connectivity index (χ0v) is 14.5. The van der Waals surface area contributed by atoms with Gasteiger partial charge in [0.2, 0.25) is 5.91 Å². The maximum absolute atomic E-state index is 12.5. The number of hydrogen-bond donors (Lipinski definition) is 2. The SMILES string of the molecule is CCCC(NC(=O)C(C)N(C)CC(C)C(=O)O)c1ccccc1. The summed E-state index contributed by atoms with van der Waals surface area (Å²) in [6.07, 6.45) is 1.85. The Morgan fingerprint density at radius 3 is 2.35 bits per heavy atom. The van der Waals surface area contributed by atoms with Crippen molar-refractivity contribution in [1.29, 1.82) is 0 Å². The van der Waals surface area contributed by atoms with Crippen molar-refractivity contribution in [3.8, 4) is 0 Å².